The number of anilines is 1. The number of nitrogens with zero attached hydrogens (tertiary/aromatic N) is 1. The number of hydrogen-bond acceptors (Lipinski definition) is 3. The van der Waals surface area contributed by atoms with Crippen LogP contribution in [0.4, 0.5) is 5.69 Å². The maximum atomic E-state index is 12.8. The van der Waals surface area contributed by atoms with Crippen LogP contribution in [0.3, 0.4) is 0 Å². The standard InChI is InChI=1S/C21H23BrN2O3/c1-15(27-17-11-9-16(22)10-12-17)20(25)23-19-8-4-3-7-18(19)21(26)24-13-5-2-6-14-24/h3-4,7-12,15H,2,5-6,13-14H2,1H3,(H,23,25). The van der Waals surface area contributed by atoms with Gasteiger partial charge in [-0.3, -0.25) is 9.59 Å². The average Bonchev–Trinajstić information content (AvgIpc) is 2.70. The summed E-state index contributed by atoms with van der Waals surface area (Å²) < 4.78 is 6.63. The Morgan fingerprint density at radius 2 is 1.70 bits per heavy atom. The first-order chi connectivity index (χ1) is 13.0. The van der Waals surface area contributed by atoms with Crippen LogP contribution in [0.2, 0.25) is 0 Å². The Bertz CT molecular complexity index is 801. The lowest BCUT2D eigenvalue weighted by Gasteiger charge is -2.27. The van der Waals surface area contributed by atoms with E-state index >= 15 is 0 Å². The van der Waals surface area contributed by atoms with Crippen molar-refractivity contribution in [2.24, 2.45) is 0 Å². The molecule has 1 atom stereocenters. The van der Waals surface area contributed by atoms with Crippen molar-refractivity contribution < 1.29 is 14.3 Å². The van der Waals surface area contributed by atoms with Gasteiger partial charge in [0.05, 0.1) is 11.3 Å². The molecule has 6 heteroatoms. The molecular weight excluding hydrogens is 408 g/mol. The highest BCUT2D eigenvalue weighted by atomic mass is 79.9. The van der Waals surface area contributed by atoms with Crippen LogP contribution in [0, 0.1) is 0 Å². The fourth-order valence-corrected chi connectivity index (χ4v) is 3.32. The second-order valence-electron chi connectivity index (χ2n) is 6.60. The summed E-state index contributed by atoms with van der Waals surface area (Å²) in [5.74, 6) is 0.280. The first-order valence-corrected chi connectivity index (χ1v) is 9.95. The van der Waals surface area contributed by atoms with Gasteiger partial charge >= 0.3 is 0 Å². The second-order valence-corrected chi connectivity index (χ2v) is 7.52. The number of benzene rings is 2. The van der Waals surface area contributed by atoms with Crippen molar-refractivity contribution in [3.8, 4) is 5.75 Å². The van der Waals surface area contributed by atoms with Gasteiger partial charge in [0.15, 0.2) is 6.10 Å². The van der Waals surface area contributed by atoms with Gasteiger partial charge in [0, 0.05) is 17.6 Å². The van der Waals surface area contributed by atoms with Crippen molar-refractivity contribution in [3.05, 3.63) is 58.6 Å². The van der Waals surface area contributed by atoms with E-state index in [1.807, 2.05) is 29.2 Å². The third-order valence-electron chi connectivity index (χ3n) is 4.55. The van der Waals surface area contributed by atoms with Gasteiger partial charge in [-0.1, -0.05) is 28.1 Å². The lowest BCUT2D eigenvalue weighted by Crippen LogP contribution is -2.36. The van der Waals surface area contributed by atoms with Crippen LogP contribution >= 0.6 is 15.9 Å². The fourth-order valence-electron chi connectivity index (χ4n) is 3.05. The number of piperidine rings is 1. The summed E-state index contributed by atoms with van der Waals surface area (Å²) in [6.45, 7) is 3.22. The van der Waals surface area contributed by atoms with Crippen molar-refractivity contribution in [2.45, 2.75) is 32.3 Å². The largest absolute Gasteiger partial charge is 0.481 e. The monoisotopic (exact) mass is 430 g/mol. The summed E-state index contributed by atoms with van der Waals surface area (Å²) in [5.41, 5.74) is 1.04. The first kappa shape index (κ1) is 19.4. The number of rotatable bonds is 5. The Morgan fingerprint density at radius 1 is 1.04 bits per heavy atom. The van der Waals surface area contributed by atoms with Gasteiger partial charge in [-0.25, -0.2) is 0 Å². The molecule has 3 rings (SSSR count). The molecule has 0 bridgehead atoms. The molecule has 27 heavy (non-hydrogen) atoms. The number of para-hydroxylation sites is 1. The molecule has 2 aromatic rings. The topological polar surface area (TPSA) is 58.6 Å². The lowest BCUT2D eigenvalue weighted by molar-refractivity contribution is -0.122. The highest BCUT2D eigenvalue weighted by molar-refractivity contribution is 9.10. The zero-order valence-electron chi connectivity index (χ0n) is 15.3. The highest BCUT2D eigenvalue weighted by Crippen LogP contribution is 2.21. The molecule has 1 heterocycles. The SMILES string of the molecule is CC(Oc1ccc(Br)cc1)C(=O)Nc1ccccc1C(=O)N1CCCCC1. The van der Waals surface area contributed by atoms with E-state index < -0.39 is 6.10 Å². The molecule has 142 valence electrons. The number of halogens is 1. The number of ether oxygens (including phenoxy) is 1. The van der Waals surface area contributed by atoms with E-state index in [0.29, 0.717) is 17.0 Å². The number of carbonyl (C=O) groups excluding carboxylic acids is 2. The van der Waals surface area contributed by atoms with Gasteiger partial charge in [0.1, 0.15) is 5.75 Å². The van der Waals surface area contributed by atoms with Gasteiger partial charge in [-0.05, 0) is 62.6 Å². The molecule has 1 N–H and O–H groups in total. The lowest BCUT2D eigenvalue weighted by atomic mass is 10.1. The van der Waals surface area contributed by atoms with Crippen LogP contribution in [0.5, 0.6) is 5.75 Å². The normalized spacial score (nSPS) is 15.1. The summed E-state index contributed by atoms with van der Waals surface area (Å²) in [6.07, 6.45) is 2.52. The van der Waals surface area contributed by atoms with Gasteiger partial charge in [0.2, 0.25) is 0 Å². The molecule has 2 aromatic carbocycles. The molecule has 0 saturated carbocycles. The molecule has 0 radical (unpaired) electrons. The maximum absolute atomic E-state index is 12.8. The van der Waals surface area contributed by atoms with Crippen LogP contribution < -0.4 is 10.1 Å². The molecule has 1 aliphatic rings. The van der Waals surface area contributed by atoms with E-state index in [9.17, 15) is 9.59 Å². The van der Waals surface area contributed by atoms with Crippen molar-refractivity contribution >= 4 is 33.4 Å². The molecule has 0 aromatic heterocycles. The van der Waals surface area contributed by atoms with Crippen molar-refractivity contribution in [3.63, 3.8) is 0 Å². The maximum Gasteiger partial charge on any atom is 0.265 e. The summed E-state index contributed by atoms with van der Waals surface area (Å²) in [4.78, 5) is 27.3. The van der Waals surface area contributed by atoms with Gasteiger partial charge in [0.25, 0.3) is 11.8 Å². The third kappa shape index (κ3) is 5.10. The zero-order valence-corrected chi connectivity index (χ0v) is 16.9. The molecule has 0 aliphatic carbocycles. The van der Waals surface area contributed by atoms with E-state index in [-0.39, 0.29) is 11.8 Å². The minimum Gasteiger partial charge on any atom is -0.481 e. The Kier molecular flexibility index (Phi) is 6.50. The molecule has 0 spiro atoms. The summed E-state index contributed by atoms with van der Waals surface area (Å²) in [7, 11) is 0. The molecule has 1 aliphatic heterocycles. The molecule has 1 unspecified atom stereocenters. The van der Waals surface area contributed by atoms with Gasteiger partial charge in [-0.15, -0.1) is 0 Å². The first-order valence-electron chi connectivity index (χ1n) is 9.16. The summed E-state index contributed by atoms with van der Waals surface area (Å²) in [5, 5.41) is 2.84. The Morgan fingerprint density at radius 3 is 2.41 bits per heavy atom. The third-order valence-corrected chi connectivity index (χ3v) is 5.08. The van der Waals surface area contributed by atoms with E-state index in [1.165, 1.54) is 0 Å². The minimum atomic E-state index is -0.690. The van der Waals surface area contributed by atoms with Crippen molar-refractivity contribution in [1.82, 2.24) is 4.90 Å². The molecular formula is C21H23BrN2O3. The van der Waals surface area contributed by atoms with Crippen LogP contribution in [0.15, 0.2) is 53.0 Å². The summed E-state index contributed by atoms with van der Waals surface area (Å²) in [6, 6.07) is 14.4. The molecule has 1 saturated heterocycles. The molecule has 1 fully saturated rings. The van der Waals surface area contributed by atoms with Gasteiger partial charge < -0.3 is 15.0 Å². The van der Waals surface area contributed by atoms with Crippen molar-refractivity contribution in [2.75, 3.05) is 18.4 Å². The summed E-state index contributed by atoms with van der Waals surface area (Å²) >= 11 is 3.37. The zero-order chi connectivity index (χ0) is 19.2. The molecule has 5 nitrogen and oxygen atoms in total. The van der Waals surface area contributed by atoms with Crippen LogP contribution in [0.25, 0.3) is 0 Å². The Balaban J connectivity index is 1.68. The quantitative estimate of drug-likeness (QED) is 0.760. The fraction of sp³-hybridized carbons (Fsp3) is 0.333. The number of hydrogen-bond donors (Lipinski definition) is 1. The average molecular weight is 431 g/mol. The van der Waals surface area contributed by atoms with Crippen LogP contribution in [-0.2, 0) is 4.79 Å². The van der Waals surface area contributed by atoms with E-state index in [1.54, 1.807) is 31.2 Å². The predicted molar refractivity (Wildman–Crippen MR) is 109 cm³/mol. The number of likely N-dealkylation sites (tertiary alicyclic amines) is 1. The van der Waals surface area contributed by atoms with E-state index in [4.69, 9.17) is 4.74 Å². The van der Waals surface area contributed by atoms with E-state index in [0.717, 1.165) is 36.8 Å². The Hall–Kier alpha value is -2.34. The molecule has 2 amide bonds. The smallest absolute Gasteiger partial charge is 0.265 e. The van der Waals surface area contributed by atoms with E-state index in [2.05, 4.69) is 21.2 Å². The number of carbonyl (C=O) groups is 2. The number of amides is 2. The highest BCUT2D eigenvalue weighted by Gasteiger charge is 2.22. The Labute approximate surface area is 167 Å². The van der Waals surface area contributed by atoms with Gasteiger partial charge in [-0.2, -0.15) is 0 Å². The van der Waals surface area contributed by atoms with Crippen LogP contribution in [-0.4, -0.2) is 35.9 Å². The number of nitrogens with one attached hydrogen (secondary N) is 1. The minimum absolute atomic E-state index is 0.0351. The van der Waals surface area contributed by atoms with Crippen molar-refractivity contribution in [1.29, 1.82) is 0 Å². The predicted octanol–water partition coefficient (Wildman–Crippen LogP) is 4.48. The second kappa shape index (κ2) is 9.04. The van der Waals surface area contributed by atoms with Crippen LogP contribution in [0.1, 0.15) is 36.5 Å².